The summed E-state index contributed by atoms with van der Waals surface area (Å²) < 4.78 is 4.61. The molecule has 1 N–H and O–H groups in total. The minimum Gasteiger partial charge on any atom is -0.323 e. The van der Waals surface area contributed by atoms with E-state index >= 15 is 0 Å². The summed E-state index contributed by atoms with van der Waals surface area (Å²) >= 11 is 13.3. The monoisotopic (exact) mass is 489 g/mol. The summed E-state index contributed by atoms with van der Waals surface area (Å²) in [6, 6.07) is 14.2. The molecule has 0 radical (unpaired) electrons. The fraction of sp³-hybridized carbons (Fsp3) is 0.150. The summed E-state index contributed by atoms with van der Waals surface area (Å²) in [6.45, 7) is 1.80. The van der Waals surface area contributed by atoms with Gasteiger partial charge in [-0.15, -0.1) is 5.10 Å². The lowest BCUT2D eigenvalue weighted by atomic mass is 10.3. The zero-order valence-electron chi connectivity index (χ0n) is 17.0. The SMILES string of the molecule is Cc1c(-n2nnnc2SCC(=O)Nc2c(Cl)cccc2Cl)c(=O)n(-c2ccccc2)n1C. The Morgan fingerprint density at radius 3 is 2.47 bits per heavy atom. The molecule has 4 rings (SSSR count). The van der Waals surface area contributed by atoms with Crippen molar-refractivity contribution < 1.29 is 4.79 Å². The van der Waals surface area contributed by atoms with Crippen molar-refractivity contribution in [3.05, 3.63) is 74.6 Å². The lowest BCUT2D eigenvalue weighted by Gasteiger charge is -2.08. The molecule has 0 atom stereocenters. The number of nitrogens with one attached hydrogen (secondary N) is 1. The Bertz CT molecular complexity index is 1330. The molecule has 2 heterocycles. The van der Waals surface area contributed by atoms with Gasteiger partial charge in [0.25, 0.3) is 5.56 Å². The van der Waals surface area contributed by atoms with E-state index in [1.54, 1.807) is 36.9 Å². The van der Waals surface area contributed by atoms with Crippen molar-refractivity contribution in [3.8, 4) is 11.4 Å². The average Bonchev–Trinajstić information content (AvgIpc) is 3.32. The van der Waals surface area contributed by atoms with Gasteiger partial charge in [-0.05, 0) is 41.6 Å². The van der Waals surface area contributed by atoms with Gasteiger partial charge >= 0.3 is 0 Å². The largest absolute Gasteiger partial charge is 0.323 e. The van der Waals surface area contributed by atoms with Crippen molar-refractivity contribution in [3.63, 3.8) is 0 Å². The number of para-hydroxylation sites is 2. The number of tetrazole rings is 1. The van der Waals surface area contributed by atoms with E-state index < -0.39 is 0 Å². The lowest BCUT2D eigenvalue weighted by Crippen LogP contribution is -2.22. The highest BCUT2D eigenvalue weighted by Gasteiger charge is 2.22. The molecule has 164 valence electrons. The molecule has 0 aliphatic heterocycles. The van der Waals surface area contributed by atoms with Gasteiger partial charge in [0.05, 0.1) is 32.9 Å². The second-order valence-electron chi connectivity index (χ2n) is 6.72. The number of anilines is 1. The molecule has 0 aliphatic rings. The number of rotatable bonds is 6. The fourth-order valence-corrected chi connectivity index (χ4v) is 4.30. The molecule has 0 fully saturated rings. The third-order valence-electron chi connectivity index (χ3n) is 4.74. The third-order valence-corrected chi connectivity index (χ3v) is 6.29. The van der Waals surface area contributed by atoms with E-state index in [1.807, 2.05) is 30.3 Å². The Labute approximate surface area is 196 Å². The maximum absolute atomic E-state index is 13.2. The van der Waals surface area contributed by atoms with E-state index in [4.69, 9.17) is 23.2 Å². The molecular formula is C20H17Cl2N7O2S. The minimum absolute atomic E-state index is 0.0132. The van der Waals surface area contributed by atoms with Gasteiger partial charge in [0.2, 0.25) is 11.1 Å². The molecule has 32 heavy (non-hydrogen) atoms. The van der Waals surface area contributed by atoms with Crippen LogP contribution in [0.25, 0.3) is 11.4 Å². The molecule has 2 aromatic carbocycles. The first-order valence-electron chi connectivity index (χ1n) is 9.38. The molecule has 0 saturated heterocycles. The number of halogens is 2. The van der Waals surface area contributed by atoms with E-state index in [9.17, 15) is 9.59 Å². The van der Waals surface area contributed by atoms with Crippen molar-refractivity contribution in [2.75, 3.05) is 11.1 Å². The molecule has 4 aromatic rings. The van der Waals surface area contributed by atoms with Crippen molar-refractivity contribution in [1.82, 2.24) is 29.6 Å². The van der Waals surface area contributed by atoms with Gasteiger partial charge in [0.15, 0.2) is 5.69 Å². The van der Waals surface area contributed by atoms with Crippen molar-refractivity contribution in [1.29, 1.82) is 0 Å². The van der Waals surface area contributed by atoms with Crippen LogP contribution in [0.2, 0.25) is 10.0 Å². The normalized spacial score (nSPS) is 11.0. The maximum atomic E-state index is 13.2. The van der Waals surface area contributed by atoms with Crippen molar-refractivity contribution in [2.45, 2.75) is 12.1 Å². The molecule has 0 spiro atoms. The number of hydrogen-bond acceptors (Lipinski definition) is 6. The molecule has 9 nitrogen and oxygen atoms in total. The first-order chi connectivity index (χ1) is 15.4. The van der Waals surface area contributed by atoms with Crippen LogP contribution in [0.4, 0.5) is 5.69 Å². The zero-order valence-corrected chi connectivity index (χ0v) is 19.3. The van der Waals surface area contributed by atoms with Crippen LogP contribution in [0, 0.1) is 6.92 Å². The average molecular weight is 490 g/mol. The van der Waals surface area contributed by atoms with Gasteiger partial charge in [-0.2, -0.15) is 4.68 Å². The summed E-state index contributed by atoms with van der Waals surface area (Å²) in [5, 5.41) is 15.3. The van der Waals surface area contributed by atoms with Gasteiger partial charge in [0.1, 0.15) is 0 Å². The second-order valence-corrected chi connectivity index (χ2v) is 8.47. The topological polar surface area (TPSA) is 99.6 Å². The fourth-order valence-electron chi connectivity index (χ4n) is 3.13. The zero-order chi connectivity index (χ0) is 22.8. The van der Waals surface area contributed by atoms with E-state index in [0.717, 1.165) is 11.8 Å². The van der Waals surface area contributed by atoms with Crippen LogP contribution in [0.3, 0.4) is 0 Å². The summed E-state index contributed by atoms with van der Waals surface area (Å²) in [6.07, 6.45) is 0. The molecule has 1 amide bonds. The van der Waals surface area contributed by atoms with E-state index in [2.05, 4.69) is 20.8 Å². The standard InChI is InChI=1S/C20H17Cl2N7O2S/c1-12-18(19(31)29(27(12)2)13-7-4-3-5-8-13)28-20(24-25-26-28)32-11-16(30)23-17-14(21)9-6-10-15(17)22/h3-10H,11H2,1-2H3,(H,23,30). The first kappa shape index (κ1) is 22.1. The second kappa shape index (κ2) is 9.19. The van der Waals surface area contributed by atoms with E-state index in [1.165, 1.54) is 9.36 Å². The summed E-state index contributed by atoms with van der Waals surface area (Å²) in [5.41, 5.74) is 1.75. The third kappa shape index (κ3) is 4.16. The molecule has 0 saturated carbocycles. The maximum Gasteiger partial charge on any atom is 0.297 e. The van der Waals surface area contributed by atoms with Gasteiger partial charge in [-0.1, -0.05) is 59.2 Å². The van der Waals surface area contributed by atoms with Crippen molar-refractivity contribution >= 4 is 46.6 Å². The van der Waals surface area contributed by atoms with Gasteiger partial charge in [-0.25, -0.2) is 4.68 Å². The quantitative estimate of drug-likeness (QED) is 0.416. The van der Waals surface area contributed by atoms with Crippen LogP contribution in [-0.4, -0.2) is 41.2 Å². The van der Waals surface area contributed by atoms with Gasteiger partial charge < -0.3 is 5.32 Å². The van der Waals surface area contributed by atoms with Gasteiger partial charge in [0, 0.05) is 7.05 Å². The highest BCUT2D eigenvalue weighted by molar-refractivity contribution is 7.99. The predicted octanol–water partition coefficient (Wildman–Crippen LogP) is 3.50. The number of aromatic nitrogens is 6. The Hall–Kier alpha value is -3.08. The number of carbonyl (C=O) groups is 1. The Morgan fingerprint density at radius 1 is 1.09 bits per heavy atom. The Balaban J connectivity index is 1.59. The highest BCUT2D eigenvalue weighted by Crippen LogP contribution is 2.30. The molecule has 0 bridgehead atoms. The molecule has 12 heteroatoms. The van der Waals surface area contributed by atoms with E-state index in [-0.39, 0.29) is 17.2 Å². The first-order valence-corrected chi connectivity index (χ1v) is 11.1. The molecule has 0 aliphatic carbocycles. The summed E-state index contributed by atoms with van der Waals surface area (Å²) in [7, 11) is 1.78. The van der Waals surface area contributed by atoms with Gasteiger partial charge in [-0.3, -0.25) is 14.3 Å². The number of benzene rings is 2. The molecule has 0 unspecified atom stereocenters. The summed E-state index contributed by atoms with van der Waals surface area (Å²) in [4.78, 5) is 25.7. The van der Waals surface area contributed by atoms with Crippen LogP contribution in [0.5, 0.6) is 0 Å². The van der Waals surface area contributed by atoms with Crippen LogP contribution in [0.1, 0.15) is 5.69 Å². The number of thioether (sulfide) groups is 1. The number of nitrogens with zero attached hydrogens (tertiary/aromatic N) is 6. The van der Waals surface area contributed by atoms with Crippen LogP contribution in [-0.2, 0) is 11.8 Å². The van der Waals surface area contributed by atoms with Crippen LogP contribution in [0.15, 0.2) is 58.5 Å². The number of carbonyl (C=O) groups excluding carboxylic acids is 1. The Kier molecular flexibility index (Phi) is 6.35. The molecular weight excluding hydrogens is 473 g/mol. The van der Waals surface area contributed by atoms with Crippen LogP contribution >= 0.6 is 35.0 Å². The Morgan fingerprint density at radius 2 is 1.78 bits per heavy atom. The summed E-state index contributed by atoms with van der Waals surface area (Å²) in [5.74, 6) is -0.355. The lowest BCUT2D eigenvalue weighted by molar-refractivity contribution is -0.113. The van der Waals surface area contributed by atoms with Crippen molar-refractivity contribution in [2.24, 2.45) is 7.05 Å². The minimum atomic E-state index is -0.342. The smallest absolute Gasteiger partial charge is 0.297 e. The predicted molar refractivity (Wildman–Crippen MR) is 124 cm³/mol. The molecule has 2 aromatic heterocycles. The highest BCUT2D eigenvalue weighted by atomic mass is 35.5. The number of hydrogen-bond donors (Lipinski definition) is 1. The number of amides is 1. The van der Waals surface area contributed by atoms with E-state index in [0.29, 0.717) is 38.0 Å². The van der Waals surface area contributed by atoms with Crippen LogP contribution < -0.4 is 10.9 Å².